The van der Waals surface area contributed by atoms with Gasteiger partial charge in [0.2, 0.25) is 0 Å². The van der Waals surface area contributed by atoms with Crippen LogP contribution < -0.4 is 0 Å². The first-order valence-electron chi connectivity index (χ1n) is 12.8. The fraction of sp³-hybridized carbons (Fsp3) is 0.741. The van der Waals surface area contributed by atoms with E-state index >= 15 is 0 Å². The predicted octanol–water partition coefficient (Wildman–Crippen LogP) is 8.17. The first-order chi connectivity index (χ1) is 14.7. The lowest BCUT2D eigenvalue weighted by atomic mass is 10.0. The van der Waals surface area contributed by atoms with Crippen LogP contribution in [0.2, 0.25) is 0 Å². The van der Waals surface area contributed by atoms with Crippen LogP contribution in [-0.4, -0.2) is 16.2 Å². The van der Waals surface area contributed by atoms with Gasteiger partial charge in [-0.15, -0.1) is 0 Å². The van der Waals surface area contributed by atoms with Gasteiger partial charge < -0.3 is 9.52 Å². The second-order valence-electron chi connectivity index (χ2n) is 9.05. The average Bonchev–Trinajstić information content (AvgIpc) is 3.14. The number of oxazole rings is 1. The molecule has 0 saturated carbocycles. The number of hydrogen-bond donors (Lipinski definition) is 1. The Kier molecular flexibility index (Phi) is 12.8. The van der Waals surface area contributed by atoms with Gasteiger partial charge in [0, 0.05) is 0 Å². The third-order valence-electron chi connectivity index (χ3n) is 6.12. The molecular weight excluding hydrogens is 370 g/mol. The zero-order valence-electron chi connectivity index (χ0n) is 19.6. The summed E-state index contributed by atoms with van der Waals surface area (Å²) in [7, 11) is 0. The molecule has 0 spiro atoms. The largest absolute Gasteiger partial charge is 0.441 e. The second kappa shape index (κ2) is 15.5. The van der Waals surface area contributed by atoms with Crippen LogP contribution in [0, 0.1) is 0 Å². The number of unbranched alkanes of at least 4 members (excludes halogenated alkanes) is 12. The molecule has 30 heavy (non-hydrogen) atoms. The van der Waals surface area contributed by atoms with E-state index < -0.39 is 0 Å². The standard InChI is InChI=1S/C27H45NO2/c1-3-5-7-9-10-11-12-13-14-15-17-23-19-20-26-25(21-23)28-27(30-26)22-24(29)18-16-8-6-4-2/h19-21,24,29H,3-18,22H2,1-2H3. The number of rotatable bonds is 18. The van der Waals surface area contributed by atoms with Crippen molar-refractivity contribution >= 4 is 11.1 Å². The zero-order chi connectivity index (χ0) is 21.4. The van der Waals surface area contributed by atoms with Gasteiger partial charge in [-0.25, -0.2) is 4.98 Å². The van der Waals surface area contributed by atoms with Crippen LogP contribution in [0.3, 0.4) is 0 Å². The number of hydrogen-bond acceptors (Lipinski definition) is 3. The molecule has 1 aromatic heterocycles. The number of nitrogens with zero attached hydrogens (tertiary/aromatic N) is 1. The maximum Gasteiger partial charge on any atom is 0.198 e. The van der Waals surface area contributed by atoms with Gasteiger partial charge in [0.25, 0.3) is 0 Å². The molecule has 0 aliphatic carbocycles. The normalized spacial score (nSPS) is 12.6. The minimum Gasteiger partial charge on any atom is -0.441 e. The van der Waals surface area contributed by atoms with E-state index in [1.807, 2.05) is 6.07 Å². The fourth-order valence-electron chi connectivity index (χ4n) is 4.19. The smallest absolute Gasteiger partial charge is 0.198 e. The van der Waals surface area contributed by atoms with Crippen molar-refractivity contribution in [1.82, 2.24) is 4.98 Å². The van der Waals surface area contributed by atoms with E-state index in [4.69, 9.17) is 4.42 Å². The number of aromatic nitrogens is 1. The van der Waals surface area contributed by atoms with E-state index in [0.29, 0.717) is 12.3 Å². The summed E-state index contributed by atoms with van der Waals surface area (Å²) >= 11 is 0. The molecule has 3 heteroatoms. The Hall–Kier alpha value is -1.35. The lowest BCUT2D eigenvalue weighted by Gasteiger charge is -2.07. The highest BCUT2D eigenvalue weighted by Gasteiger charge is 2.12. The third-order valence-corrected chi connectivity index (χ3v) is 6.12. The van der Waals surface area contributed by atoms with Crippen LogP contribution in [-0.2, 0) is 12.8 Å². The van der Waals surface area contributed by atoms with Crippen molar-refractivity contribution in [3.05, 3.63) is 29.7 Å². The highest BCUT2D eigenvalue weighted by atomic mass is 16.4. The molecule has 170 valence electrons. The highest BCUT2D eigenvalue weighted by molar-refractivity contribution is 5.73. The van der Waals surface area contributed by atoms with Crippen LogP contribution >= 0.6 is 0 Å². The van der Waals surface area contributed by atoms with Crippen molar-refractivity contribution in [1.29, 1.82) is 0 Å². The minimum atomic E-state index is -0.346. The van der Waals surface area contributed by atoms with E-state index in [9.17, 15) is 5.11 Å². The molecule has 0 fully saturated rings. The molecule has 0 aliphatic rings. The molecular formula is C27H45NO2. The molecule has 0 bridgehead atoms. The van der Waals surface area contributed by atoms with Gasteiger partial charge in [0.1, 0.15) is 5.52 Å². The van der Waals surface area contributed by atoms with Crippen LogP contribution in [0.25, 0.3) is 11.1 Å². The number of fused-ring (bicyclic) bond motifs is 1. The van der Waals surface area contributed by atoms with E-state index in [1.165, 1.54) is 89.0 Å². The molecule has 2 aromatic rings. The van der Waals surface area contributed by atoms with Crippen molar-refractivity contribution < 1.29 is 9.52 Å². The molecule has 0 radical (unpaired) electrons. The number of aliphatic hydroxyl groups excluding tert-OH is 1. The van der Waals surface area contributed by atoms with E-state index in [0.717, 1.165) is 30.4 Å². The van der Waals surface area contributed by atoms with Crippen molar-refractivity contribution in [2.45, 2.75) is 129 Å². The van der Waals surface area contributed by atoms with Gasteiger partial charge in [0.15, 0.2) is 11.5 Å². The Morgan fingerprint density at radius 1 is 0.800 bits per heavy atom. The third kappa shape index (κ3) is 10.1. The highest BCUT2D eigenvalue weighted by Crippen LogP contribution is 2.21. The van der Waals surface area contributed by atoms with E-state index in [1.54, 1.807) is 0 Å². The summed E-state index contributed by atoms with van der Waals surface area (Å²) in [5.74, 6) is 0.670. The lowest BCUT2D eigenvalue weighted by molar-refractivity contribution is 0.153. The van der Waals surface area contributed by atoms with Gasteiger partial charge >= 0.3 is 0 Å². The topological polar surface area (TPSA) is 46.3 Å². The number of aliphatic hydroxyl groups is 1. The van der Waals surface area contributed by atoms with Crippen LogP contribution in [0.15, 0.2) is 22.6 Å². The average molecular weight is 416 g/mol. The molecule has 1 N–H and O–H groups in total. The number of aryl methyl sites for hydroxylation is 1. The van der Waals surface area contributed by atoms with Crippen LogP contribution in [0.5, 0.6) is 0 Å². The van der Waals surface area contributed by atoms with E-state index in [2.05, 4.69) is 31.0 Å². The Labute approximate surface area is 184 Å². The SMILES string of the molecule is CCCCCCCCCCCCc1ccc2oc(CC(O)CCCCCC)nc2c1. The Balaban J connectivity index is 1.64. The zero-order valence-corrected chi connectivity index (χ0v) is 19.6. The molecule has 1 unspecified atom stereocenters. The second-order valence-corrected chi connectivity index (χ2v) is 9.05. The molecule has 0 saturated heterocycles. The summed E-state index contributed by atoms with van der Waals surface area (Å²) in [6.45, 7) is 4.49. The quantitative estimate of drug-likeness (QED) is 0.250. The molecule has 2 rings (SSSR count). The minimum absolute atomic E-state index is 0.346. The summed E-state index contributed by atoms with van der Waals surface area (Å²) in [4.78, 5) is 4.63. The van der Waals surface area contributed by atoms with Crippen molar-refractivity contribution in [2.75, 3.05) is 0 Å². The summed E-state index contributed by atoms with van der Waals surface area (Å²) in [5, 5.41) is 10.2. The molecule has 1 aromatic carbocycles. The number of benzene rings is 1. The molecule has 1 heterocycles. The Bertz CT molecular complexity index is 679. The maximum atomic E-state index is 10.2. The Morgan fingerprint density at radius 3 is 2.07 bits per heavy atom. The molecule has 3 nitrogen and oxygen atoms in total. The van der Waals surface area contributed by atoms with Crippen molar-refractivity contribution in [2.24, 2.45) is 0 Å². The Morgan fingerprint density at radius 2 is 1.40 bits per heavy atom. The summed E-state index contributed by atoms with van der Waals surface area (Å²) in [6, 6.07) is 6.39. The van der Waals surface area contributed by atoms with Gasteiger partial charge in [0.05, 0.1) is 12.5 Å². The summed E-state index contributed by atoms with van der Waals surface area (Å²) < 4.78 is 5.86. The van der Waals surface area contributed by atoms with Crippen molar-refractivity contribution in [3.8, 4) is 0 Å². The van der Waals surface area contributed by atoms with Crippen molar-refractivity contribution in [3.63, 3.8) is 0 Å². The van der Waals surface area contributed by atoms with Crippen LogP contribution in [0.4, 0.5) is 0 Å². The summed E-state index contributed by atoms with van der Waals surface area (Å²) in [6.07, 6.45) is 20.6. The van der Waals surface area contributed by atoms with Gasteiger partial charge in [-0.2, -0.15) is 0 Å². The monoisotopic (exact) mass is 415 g/mol. The predicted molar refractivity (Wildman–Crippen MR) is 128 cm³/mol. The van der Waals surface area contributed by atoms with E-state index in [-0.39, 0.29) is 6.10 Å². The molecule has 0 amide bonds. The molecule has 1 atom stereocenters. The maximum absolute atomic E-state index is 10.2. The lowest BCUT2D eigenvalue weighted by Crippen LogP contribution is -2.10. The van der Waals surface area contributed by atoms with Gasteiger partial charge in [-0.05, 0) is 37.0 Å². The fourth-order valence-corrected chi connectivity index (χ4v) is 4.19. The summed E-state index contributed by atoms with van der Waals surface area (Å²) in [5.41, 5.74) is 3.13. The first-order valence-corrected chi connectivity index (χ1v) is 12.8. The first kappa shape index (κ1) is 24.9. The van der Waals surface area contributed by atoms with Gasteiger partial charge in [-0.1, -0.05) is 103 Å². The molecule has 0 aliphatic heterocycles. The van der Waals surface area contributed by atoms with Gasteiger partial charge in [-0.3, -0.25) is 0 Å². The van der Waals surface area contributed by atoms with Crippen LogP contribution in [0.1, 0.15) is 122 Å².